The van der Waals surface area contributed by atoms with Gasteiger partial charge in [-0.05, 0) is 50.3 Å². The third-order valence-corrected chi connectivity index (χ3v) is 4.70. The number of benzene rings is 1. The van der Waals surface area contributed by atoms with Gasteiger partial charge in [-0.25, -0.2) is 9.18 Å². The maximum absolute atomic E-state index is 13.0. The Morgan fingerprint density at radius 3 is 2.50 bits per heavy atom. The van der Waals surface area contributed by atoms with Gasteiger partial charge >= 0.3 is 6.03 Å². The summed E-state index contributed by atoms with van der Waals surface area (Å²) < 4.78 is 18.3. The van der Waals surface area contributed by atoms with E-state index in [1.165, 1.54) is 12.1 Å². The summed E-state index contributed by atoms with van der Waals surface area (Å²) >= 11 is 0. The van der Waals surface area contributed by atoms with Crippen LogP contribution in [0.4, 0.5) is 9.18 Å². The summed E-state index contributed by atoms with van der Waals surface area (Å²) in [5, 5.41) is 13.3. The SMILES string of the molecule is COC(C)(C)CNC(=O)N1CCC(C(O)c2ccc(F)cc2)CC1. The van der Waals surface area contributed by atoms with E-state index >= 15 is 0 Å². The fourth-order valence-electron chi connectivity index (χ4n) is 2.82. The molecule has 1 unspecified atom stereocenters. The molecule has 0 radical (unpaired) electrons. The first-order valence-electron chi connectivity index (χ1n) is 8.34. The second-order valence-corrected chi connectivity index (χ2v) is 6.94. The second-order valence-electron chi connectivity index (χ2n) is 6.94. The van der Waals surface area contributed by atoms with Crippen molar-refractivity contribution in [2.45, 2.75) is 38.4 Å². The zero-order chi connectivity index (χ0) is 17.7. The summed E-state index contributed by atoms with van der Waals surface area (Å²) in [6.45, 7) is 5.47. The lowest BCUT2D eigenvalue weighted by atomic mass is 9.87. The normalized spacial score (nSPS) is 17.6. The third-order valence-electron chi connectivity index (χ3n) is 4.70. The molecule has 1 saturated heterocycles. The van der Waals surface area contributed by atoms with Crippen LogP contribution in [0.5, 0.6) is 0 Å². The van der Waals surface area contributed by atoms with Gasteiger partial charge in [-0.2, -0.15) is 0 Å². The van der Waals surface area contributed by atoms with Crippen molar-refractivity contribution < 1.29 is 19.0 Å². The van der Waals surface area contributed by atoms with Crippen molar-refractivity contribution in [3.63, 3.8) is 0 Å². The molecule has 0 saturated carbocycles. The average molecular weight is 338 g/mol. The highest BCUT2D eigenvalue weighted by atomic mass is 19.1. The number of likely N-dealkylation sites (tertiary alicyclic amines) is 1. The molecule has 1 aliphatic heterocycles. The predicted molar refractivity (Wildman–Crippen MR) is 90.1 cm³/mol. The molecule has 2 amide bonds. The van der Waals surface area contributed by atoms with Crippen molar-refractivity contribution in [3.05, 3.63) is 35.6 Å². The van der Waals surface area contributed by atoms with Crippen LogP contribution in [0.1, 0.15) is 38.4 Å². The van der Waals surface area contributed by atoms with Crippen molar-refractivity contribution >= 4 is 6.03 Å². The van der Waals surface area contributed by atoms with Crippen LogP contribution in [0.25, 0.3) is 0 Å². The van der Waals surface area contributed by atoms with Crippen LogP contribution in [0.15, 0.2) is 24.3 Å². The van der Waals surface area contributed by atoms with Gasteiger partial charge in [0.1, 0.15) is 5.82 Å². The number of halogens is 1. The summed E-state index contributed by atoms with van der Waals surface area (Å²) in [4.78, 5) is 14.0. The van der Waals surface area contributed by atoms with Crippen LogP contribution in [-0.4, -0.2) is 48.4 Å². The Morgan fingerprint density at radius 2 is 1.96 bits per heavy atom. The molecule has 134 valence electrons. The number of aliphatic hydroxyl groups is 1. The first kappa shape index (κ1) is 18.7. The molecular formula is C18H27FN2O3. The number of rotatable bonds is 5. The highest BCUT2D eigenvalue weighted by Gasteiger charge is 2.29. The van der Waals surface area contributed by atoms with E-state index in [0.717, 1.165) is 18.4 Å². The van der Waals surface area contributed by atoms with Crippen LogP contribution < -0.4 is 5.32 Å². The summed E-state index contributed by atoms with van der Waals surface area (Å²) in [5.74, 6) is -0.230. The number of nitrogens with one attached hydrogen (secondary N) is 1. The van der Waals surface area contributed by atoms with Gasteiger partial charge < -0.3 is 20.1 Å². The van der Waals surface area contributed by atoms with Crippen molar-refractivity contribution in [2.75, 3.05) is 26.7 Å². The first-order valence-corrected chi connectivity index (χ1v) is 8.34. The minimum absolute atomic E-state index is 0.0786. The number of urea groups is 1. The Kier molecular flexibility index (Phi) is 6.18. The van der Waals surface area contributed by atoms with E-state index in [-0.39, 0.29) is 17.8 Å². The first-order chi connectivity index (χ1) is 11.3. The van der Waals surface area contributed by atoms with Gasteiger partial charge in [0.05, 0.1) is 11.7 Å². The zero-order valence-corrected chi connectivity index (χ0v) is 14.6. The van der Waals surface area contributed by atoms with Gasteiger partial charge in [0.15, 0.2) is 0 Å². The maximum Gasteiger partial charge on any atom is 0.317 e. The molecule has 2 rings (SSSR count). The number of nitrogens with zero attached hydrogens (tertiary/aromatic N) is 1. The number of piperidine rings is 1. The summed E-state index contributed by atoms with van der Waals surface area (Å²) in [6.07, 6.45) is 0.822. The molecule has 0 aliphatic carbocycles. The van der Waals surface area contributed by atoms with E-state index in [1.54, 1.807) is 24.1 Å². The molecule has 0 aromatic heterocycles. The minimum Gasteiger partial charge on any atom is -0.388 e. The monoisotopic (exact) mass is 338 g/mol. The highest BCUT2D eigenvalue weighted by molar-refractivity contribution is 5.74. The zero-order valence-electron chi connectivity index (χ0n) is 14.6. The number of ether oxygens (including phenoxy) is 1. The van der Waals surface area contributed by atoms with E-state index in [4.69, 9.17) is 4.74 Å². The number of hydrogen-bond acceptors (Lipinski definition) is 3. The molecule has 1 heterocycles. The Bertz CT molecular complexity index is 540. The highest BCUT2D eigenvalue weighted by Crippen LogP contribution is 2.30. The van der Waals surface area contributed by atoms with Crippen LogP contribution in [0.2, 0.25) is 0 Å². The van der Waals surface area contributed by atoms with Crippen molar-refractivity contribution in [1.82, 2.24) is 10.2 Å². The number of amides is 2. The van der Waals surface area contributed by atoms with Gasteiger partial charge in [0.25, 0.3) is 0 Å². The summed E-state index contributed by atoms with van der Waals surface area (Å²) in [6, 6.07) is 5.85. The lowest BCUT2D eigenvalue weighted by Crippen LogP contribution is -2.49. The number of aliphatic hydroxyl groups excluding tert-OH is 1. The van der Waals surface area contributed by atoms with Gasteiger partial charge in [0.2, 0.25) is 0 Å². The van der Waals surface area contributed by atoms with Crippen molar-refractivity contribution in [2.24, 2.45) is 5.92 Å². The largest absolute Gasteiger partial charge is 0.388 e. The molecule has 5 nitrogen and oxygen atoms in total. The Balaban J connectivity index is 1.82. The van der Waals surface area contributed by atoms with Crippen LogP contribution >= 0.6 is 0 Å². The van der Waals surface area contributed by atoms with Crippen LogP contribution in [0, 0.1) is 11.7 Å². The minimum atomic E-state index is -0.622. The van der Waals surface area contributed by atoms with Gasteiger partial charge in [-0.15, -0.1) is 0 Å². The van der Waals surface area contributed by atoms with E-state index in [2.05, 4.69) is 5.32 Å². The van der Waals surface area contributed by atoms with Crippen molar-refractivity contribution in [1.29, 1.82) is 0 Å². The molecule has 1 aromatic carbocycles. The number of carbonyl (C=O) groups is 1. The quantitative estimate of drug-likeness (QED) is 0.868. The maximum atomic E-state index is 13.0. The molecular weight excluding hydrogens is 311 g/mol. The van der Waals surface area contributed by atoms with Crippen LogP contribution in [0.3, 0.4) is 0 Å². The lowest BCUT2D eigenvalue weighted by Gasteiger charge is -2.35. The number of carbonyl (C=O) groups excluding carboxylic acids is 1. The van der Waals surface area contributed by atoms with E-state index in [0.29, 0.717) is 19.6 Å². The second kappa shape index (κ2) is 7.94. The fourth-order valence-corrected chi connectivity index (χ4v) is 2.82. The number of hydrogen-bond donors (Lipinski definition) is 2. The standard InChI is InChI=1S/C18H27FN2O3/c1-18(2,24-3)12-20-17(23)21-10-8-14(9-11-21)16(22)13-4-6-15(19)7-5-13/h4-7,14,16,22H,8-12H2,1-3H3,(H,20,23). The molecule has 0 spiro atoms. The molecule has 2 N–H and O–H groups in total. The molecule has 1 atom stereocenters. The van der Waals surface area contributed by atoms with Gasteiger partial charge in [0, 0.05) is 26.7 Å². The van der Waals surface area contributed by atoms with Crippen LogP contribution in [-0.2, 0) is 4.74 Å². The molecule has 0 bridgehead atoms. The predicted octanol–water partition coefficient (Wildman–Crippen LogP) is 2.71. The van der Waals surface area contributed by atoms with E-state index < -0.39 is 11.7 Å². The molecule has 1 aliphatic rings. The summed E-state index contributed by atoms with van der Waals surface area (Å²) in [7, 11) is 1.62. The molecule has 1 aromatic rings. The van der Waals surface area contributed by atoms with Gasteiger partial charge in [-0.1, -0.05) is 12.1 Å². The smallest absolute Gasteiger partial charge is 0.317 e. The Morgan fingerprint density at radius 1 is 1.38 bits per heavy atom. The van der Waals surface area contributed by atoms with Crippen molar-refractivity contribution in [3.8, 4) is 0 Å². The lowest BCUT2D eigenvalue weighted by molar-refractivity contribution is 0.0231. The fraction of sp³-hybridized carbons (Fsp3) is 0.611. The third kappa shape index (κ3) is 4.92. The Hall–Kier alpha value is -1.66. The average Bonchev–Trinajstić information content (AvgIpc) is 2.60. The molecule has 1 fully saturated rings. The molecule has 6 heteroatoms. The number of methoxy groups -OCH3 is 1. The summed E-state index contributed by atoms with van der Waals surface area (Å²) in [5.41, 5.74) is 0.327. The van der Waals surface area contributed by atoms with E-state index in [9.17, 15) is 14.3 Å². The topological polar surface area (TPSA) is 61.8 Å². The molecule has 24 heavy (non-hydrogen) atoms. The van der Waals surface area contributed by atoms with Gasteiger partial charge in [-0.3, -0.25) is 0 Å². The Labute approximate surface area is 142 Å². The van der Waals surface area contributed by atoms with E-state index in [1.807, 2.05) is 13.8 Å².